The number of nitrogens with one attached hydrogen (secondary N) is 1. The number of fused-ring (bicyclic) bond motifs is 1. The first-order valence-electron chi connectivity index (χ1n) is 9.60. The molecule has 2 aromatic rings. The number of carbonyl (C=O) groups excluding carboxylic acids is 3. The second kappa shape index (κ2) is 8.02. The van der Waals surface area contributed by atoms with Crippen molar-refractivity contribution >= 4 is 23.5 Å². The monoisotopic (exact) mass is 410 g/mol. The van der Waals surface area contributed by atoms with Crippen molar-refractivity contribution in [3.8, 4) is 11.5 Å². The van der Waals surface area contributed by atoms with Gasteiger partial charge in [0, 0.05) is 48.7 Å². The topological polar surface area (TPSA) is 101 Å². The minimum atomic E-state index is -0.619. The third kappa shape index (κ3) is 3.54. The van der Waals surface area contributed by atoms with Crippen LogP contribution in [0.25, 0.3) is 0 Å². The Morgan fingerprint density at radius 3 is 2.40 bits per heavy atom. The zero-order valence-corrected chi connectivity index (χ0v) is 16.7. The van der Waals surface area contributed by atoms with Crippen molar-refractivity contribution in [2.24, 2.45) is 0 Å². The Labute approximate surface area is 173 Å². The molecular weight excluding hydrogens is 388 g/mol. The molecule has 2 atom stereocenters. The number of nitrogens with zero attached hydrogens (tertiary/aromatic N) is 3. The number of pyridine rings is 1. The number of carbonyl (C=O) groups is 3. The highest BCUT2D eigenvalue weighted by Gasteiger charge is 2.49. The van der Waals surface area contributed by atoms with Crippen molar-refractivity contribution in [2.75, 3.05) is 25.7 Å². The molecule has 2 saturated heterocycles. The van der Waals surface area contributed by atoms with E-state index in [1.165, 1.54) is 14.2 Å². The molecule has 2 unspecified atom stereocenters. The van der Waals surface area contributed by atoms with Gasteiger partial charge < -0.3 is 19.7 Å². The van der Waals surface area contributed by atoms with Gasteiger partial charge in [0.25, 0.3) is 11.8 Å². The van der Waals surface area contributed by atoms with Crippen LogP contribution in [0.4, 0.5) is 10.5 Å². The number of urea groups is 1. The van der Waals surface area contributed by atoms with Crippen LogP contribution in [0.2, 0.25) is 0 Å². The van der Waals surface area contributed by atoms with Crippen LogP contribution < -0.4 is 19.7 Å². The predicted molar refractivity (Wildman–Crippen MR) is 108 cm³/mol. The lowest BCUT2D eigenvalue weighted by Gasteiger charge is -2.32. The van der Waals surface area contributed by atoms with Crippen LogP contribution in [-0.4, -0.2) is 60.6 Å². The largest absolute Gasteiger partial charge is 0.497 e. The van der Waals surface area contributed by atoms with E-state index in [4.69, 9.17) is 9.47 Å². The van der Waals surface area contributed by atoms with E-state index in [2.05, 4.69) is 10.3 Å². The smallest absolute Gasteiger partial charge is 0.332 e. The SMILES string of the molecule is COc1cc(OC)cc(N2C(=O)C3CC(NC(=O)c4ccncc4)CCN3C2=O)c1. The van der Waals surface area contributed by atoms with Crippen LogP contribution in [0.3, 0.4) is 0 Å². The summed E-state index contributed by atoms with van der Waals surface area (Å²) in [6.45, 7) is 0.383. The number of aromatic nitrogens is 1. The molecular formula is C21H22N4O5. The van der Waals surface area contributed by atoms with Crippen molar-refractivity contribution in [3.05, 3.63) is 48.3 Å². The first-order valence-corrected chi connectivity index (χ1v) is 9.60. The van der Waals surface area contributed by atoms with Crippen LogP contribution in [-0.2, 0) is 4.79 Å². The van der Waals surface area contributed by atoms with Crippen LogP contribution in [0, 0.1) is 0 Å². The van der Waals surface area contributed by atoms with Crippen LogP contribution in [0.1, 0.15) is 23.2 Å². The zero-order valence-electron chi connectivity index (χ0n) is 16.7. The van der Waals surface area contributed by atoms with Crippen LogP contribution in [0.5, 0.6) is 11.5 Å². The molecule has 3 heterocycles. The molecule has 2 fully saturated rings. The molecule has 9 nitrogen and oxygen atoms in total. The van der Waals surface area contributed by atoms with Crippen molar-refractivity contribution in [1.29, 1.82) is 0 Å². The lowest BCUT2D eigenvalue weighted by Crippen LogP contribution is -2.49. The fourth-order valence-electron chi connectivity index (χ4n) is 3.86. The van der Waals surface area contributed by atoms with Crippen molar-refractivity contribution in [1.82, 2.24) is 15.2 Å². The molecule has 0 saturated carbocycles. The highest BCUT2D eigenvalue weighted by molar-refractivity contribution is 6.21. The molecule has 2 aliphatic heterocycles. The summed E-state index contributed by atoms with van der Waals surface area (Å²) in [5.41, 5.74) is 0.902. The number of hydrogen-bond donors (Lipinski definition) is 1. The number of anilines is 1. The molecule has 0 aliphatic carbocycles. The summed E-state index contributed by atoms with van der Waals surface area (Å²) in [4.78, 5) is 45.1. The van der Waals surface area contributed by atoms with Gasteiger partial charge in [-0.05, 0) is 25.0 Å². The van der Waals surface area contributed by atoms with E-state index in [0.717, 1.165) is 4.90 Å². The Morgan fingerprint density at radius 1 is 1.10 bits per heavy atom. The summed E-state index contributed by atoms with van der Waals surface area (Å²) < 4.78 is 10.5. The van der Waals surface area contributed by atoms with E-state index in [1.54, 1.807) is 47.6 Å². The molecule has 1 aromatic heterocycles. The number of imide groups is 1. The summed E-state index contributed by atoms with van der Waals surface area (Å²) in [7, 11) is 3.01. The average molecular weight is 410 g/mol. The summed E-state index contributed by atoms with van der Waals surface area (Å²) >= 11 is 0. The zero-order chi connectivity index (χ0) is 21.3. The first-order chi connectivity index (χ1) is 14.5. The number of ether oxygens (including phenoxy) is 2. The maximum atomic E-state index is 13.1. The number of amides is 4. The number of rotatable bonds is 5. The Morgan fingerprint density at radius 2 is 1.77 bits per heavy atom. The van der Waals surface area contributed by atoms with Crippen molar-refractivity contribution in [3.63, 3.8) is 0 Å². The standard InChI is InChI=1S/C21H22N4O5/c1-29-16-10-15(11-17(12-16)30-2)25-20(27)18-9-14(5-8-24(18)21(25)28)23-19(26)13-3-6-22-7-4-13/h3-4,6-7,10-12,14,18H,5,8-9H2,1-2H3,(H,23,26). The second-order valence-corrected chi connectivity index (χ2v) is 7.17. The molecule has 0 bridgehead atoms. The molecule has 0 spiro atoms. The molecule has 0 radical (unpaired) electrons. The fourth-order valence-corrected chi connectivity index (χ4v) is 3.86. The minimum Gasteiger partial charge on any atom is -0.497 e. The van der Waals surface area contributed by atoms with Gasteiger partial charge in [0.1, 0.15) is 17.5 Å². The maximum absolute atomic E-state index is 13.1. The molecule has 1 N–H and O–H groups in total. The molecule has 30 heavy (non-hydrogen) atoms. The Kier molecular flexibility index (Phi) is 5.26. The molecule has 156 valence electrons. The maximum Gasteiger partial charge on any atom is 0.332 e. The van der Waals surface area contributed by atoms with Gasteiger partial charge in [0.15, 0.2) is 0 Å². The highest BCUT2D eigenvalue weighted by atomic mass is 16.5. The van der Waals surface area contributed by atoms with Gasteiger partial charge in [-0.15, -0.1) is 0 Å². The number of benzene rings is 1. The summed E-state index contributed by atoms with van der Waals surface area (Å²) in [6, 6.07) is 6.99. The Bertz CT molecular complexity index is 958. The van der Waals surface area contributed by atoms with Crippen molar-refractivity contribution in [2.45, 2.75) is 24.9 Å². The van der Waals surface area contributed by atoms with Gasteiger partial charge in [-0.3, -0.25) is 14.6 Å². The molecule has 2 aliphatic rings. The third-order valence-corrected chi connectivity index (χ3v) is 5.42. The molecule has 1 aromatic carbocycles. The lowest BCUT2D eigenvalue weighted by atomic mass is 9.97. The summed E-state index contributed by atoms with van der Waals surface area (Å²) in [5, 5.41) is 2.96. The van der Waals surface area contributed by atoms with E-state index >= 15 is 0 Å². The Hall–Kier alpha value is -3.62. The van der Waals surface area contributed by atoms with Gasteiger partial charge in [0.05, 0.1) is 19.9 Å². The van der Waals surface area contributed by atoms with E-state index < -0.39 is 6.04 Å². The first kappa shape index (κ1) is 19.7. The number of piperidine rings is 1. The van der Waals surface area contributed by atoms with Crippen LogP contribution in [0.15, 0.2) is 42.7 Å². The highest BCUT2D eigenvalue weighted by Crippen LogP contribution is 2.35. The van der Waals surface area contributed by atoms with E-state index in [1.807, 2.05) is 0 Å². The fraction of sp³-hybridized carbons (Fsp3) is 0.333. The number of methoxy groups -OCH3 is 2. The number of hydrogen-bond acceptors (Lipinski definition) is 6. The normalized spacial score (nSPS) is 20.7. The lowest BCUT2D eigenvalue weighted by molar-refractivity contribution is -0.120. The van der Waals surface area contributed by atoms with Crippen LogP contribution >= 0.6 is 0 Å². The summed E-state index contributed by atoms with van der Waals surface area (Å²) in [6.07, 6.45) is 4.04. The third-order valence-electron chi connectivity index (χ3n) is 5.42. The predicted octanol–water partition coefficient (Wildman–Crippen LogP) is 1.83. The quantitative estimate of drug-likeness (QED) is 0.755. The molecule has 4 rings (SSSR count). The van der Waals surface area contributed by atoms with Crippen molar-refractivity contribution < 1.29 is 23.9 Å². The average Bonchev–Trinajstić information content (AvgIpc) is 3.03. The van der Waals surface area contributed by atoms with Gasteiger partial charge in [0.2, 0.25) is 0 Å². The van der Waals surface area contributed by atoms with Gasteiger partial charge >= 0.3 is 6.03 Å². The van der Waals surface area contributed by atoms with Gasteiger partial charge in [-0.2, -0.15) is 0 Å². The van der Waals surface area contributed by atoms with E-state index in [9.17, 15) is 14.4 Å². The second-order valence-electron chi connectivity index (χ2n) is 7.17. The van der Waals surface area contributed by atoms with E-state index in [0.29, 0.717) is 42.1 Å². The molecule has 4 amide bonds. The minimum absolute atomic E-state index is 0.205. The Balaban J connectivity index is 1.52. The molecule has 9 heteroatoms. The summed E-state index contributed by atoms with van der Waals surface area (Å²) in [5.74, 6) is 0.426. The van der Waals surface area contributed by atoms with Gasteiger partial charge in [-0.25, -0.2) is 9.69 Å². The van der Waals surface area contributed by atoms with Gasteiger partial charge in [-0.1, -0.05) is 0 Å². The van der Waals surface area contributed by atoms with E-state index in [-0.39, 0.29) is 23.9 Å².